The van der Waals surface area contributed by atoms with Crippen LogP contribution in [-0.4, -0.2) is 28.0 Å². The van der Waals surface area contributed by atoms with Gasteiger partial charge in [0, 0.05) is 17.3 Å². The third-order valence-electron chi connectivity index (χ3n) is 2.99. The third kappa shape index (κ3) is 5.15. The lowest BCUT2D eigenvalue weighted by atomic mass is 10.2. The number of nitro benzene ring substituents is 1. The summed E-state index contributed by atoms with van der Waals surface area (Å²) in [6.07, 6.45) is 1.34. The van der Waals surface area contributed by atoms with Gasteiger partial charge in [-0.05, 0) is 37.3 Å². The Morgan fingerprint density at radius 3 is 2.76 bits per heavy atom. The first-order valence-corrected chi connectivity index (χ1v) is 7.71. The van der Waals surface area contributed by atoms with Crippen molar-refractivity contribution in [1.82, 2.24) is 5.43 Å². The smallest absolute Gasteiger partial charge is 0.315 e. The number of thiocarbonyl (C=S) groups is 1. The number of phenolic OH excluding ortho intramolecular Hbond substituents is 1. The van der Waals surface area contributed by atoms with E-state index in [1.807, 2.05) is 30.3 Å². The molecule has 25 heavy (non-hydrogen) atoms. The van der Waals surface area contributed by atoms with Crippen molar-refractivity contribution >= 4 is 34.9 Å². The van der Waals surface area contributed by atoms with Gasteiger partial charge in [-0.3, -0.25) is 15.5 Å². The van der Waals surface area contributed by atoms with E-state index in [9.17, 15) is 15.2 Å². The summed E-state index contributed by atoms with van der Waals surface area (Å²) in [6.45, 7) is 1.97. The molecule has 0 atom stereocenters. The van der Waals surface area contributed by atoms with E-state index in [4.69, 9.17) is 17.0 Å². The molecule has 0 radical (unpaired) electrons. The van der Waals surface area contributed by atoms with Gasteiger partial charge in [0.15, 0.2) is 10.9 Å². The van der Waals surface area contributed by atoms with E-state index in [1.54, 1.807) is 6.92 Å². The van der Waals surface area contributed by atoms with Crippen LogP contribution in [0.1, 0.15) is 12.5 Å². The van der Waals surface area contributed by atoms with Crippen molar-refractivity contribution in [1.29, 1.82) is 0 Å². The Labute approximate surface area is 149 Å². The molecule has 9 heteroatoms. The molecule has 2 aromatic rings. The van der Waals surface area contributed by atoms with Crippen molar-refractivity contribution in [3.63, 3.8) is 0 Å². The number of anilines is 1. The van der Waals surface area contributed by atoms with E-state index in [0.717, 1.165) is 5.69 Å². The molecule has 0 heterocycles. The summed E-state index contributed by atoms with van der Waals surface area (Å²) in [5, 5.41) is 28.0. The molecule has 0 aliphatic heterocycles. The highest BCUT2D eigenvalue weighted by molar-refractivity contribution is 7.80. The molecule has 0 bridgehead atoms. The van der Waals surface area contributed by atoms with E-state index >= 15 is 0 Å². The summed E-state index contributed by atoms with van der Waals surface area (Å²) in [6, 6.07) is 11.9. The number of para-hydroxylation sites is 1. The maximum atomic E-state index is 11.0. The number of nitro groups is 1. The van der Waals surface area contributed by atoms with Crippen molar-refractivity contribution in [3.8, 4) is 11.5 Å². The molecule has 0 aliphatic rings. The fraction of sp³-hybridized carbons (Fsp3) is 0.125. The molecular formula is C16H16N4O4S. The summed E-state index contributed by atoms with van der Waals surface area (Å²) in [4.78, 5) is 10.3. The van der Waals surface area contributed by atoms with Crippen LogP contribution in [0.25, 0.3) is 0 Å². The van der Waals surface area contributed by atoms with Crippen molar-refractivity contribution in [2.45, 2.75) is 6.92 Å². The molecule has 2 aromatic carbocycles. The van der Waals surface area contributed by atoms with Crippen molar-refractivity contribution < 1.29 is 14.8 Å². The van der Waals surface area contributed by atoms with Gasteiger partial charge in [0.2, 0.25) is 5.75 Å². The van der Waals surface area contributed by atoms with Crippen LogP contribution in [-0.2, 0) is 0 Å². The largest absolute Gasteiger partial charge is 0.500 e. The van der Waals surface area contributed by atoms with Gasteiger partial charge in [-0.1, -0.05) is 18.2 Å². The second-order valence-electron chi connectivity index (χ2n) is 4.77. The topological polar surface area (TPSA) is 109 Å². The number of hydrogen-bond acceptors (Lipinski definition) is 6. The van der Waals surface area contributed by atoms with Crippen LogP contribution < -0.4 is 15.5 Å². The molecule has 2 rings (SSSR count). The molecule has 0 fully saturated rings. The van der Waals surface area contributed by atoms with Crippen LogP contribution in [0.4, 0.5) is 11.4 Å². The van der Waals surface area contributed by atoms with Gasteiger partial charge in [-0.25, -0.2) is 0 Å². The predicted octanol–water partition coefficient (Wildman–Crippen LogP) is 3.02. The Balaban J connectivity index is 2.09. The monoisotopic (exact) mass is 360 g/mol. The van der Waals surface area contributed by atoms with Crippen LogP contribution in [0, 0.1) is 10.1 Å². The normalized spacial score (nSPS) is 10.4. The van der Waals surface area contributed by atoms with Gasteiger partial charge in [-0.15, -0.1) is 0 Å². The first kappa shape index (κ1) is 18.1. The number of hydrogen-bond donors (Lipinski definition) is 3. The van der Waals surface area contributed by atoms with Gasteiger partial charge in [0.1, 0.15) is 0 Å². The number of ether oxygens (including phenoxy) is 1. The highest BCUT2D eigenvalue weighted by atomic mass is 32.1. The third-order valence-corrected chi connectivity index (χ3v) is 3.18. The summed E-state index contributed by atoms with van der Waals surface area (Å²) < 4.78 is 5.20. The second-order valence-corrected chi connectivity index (χ2v) is 5.18. The molecule has 3 N–H and O–H groups in total. The Hall–Kier alpha value is -3.20. The summed E-state index contributed by atoms with van der Waals surface area (Å²) >= 11 is 5.10. The lowest BCUT2D eigenvalue weighted by Gasteiger charge is -2.08. The summed E-state index contributed by atoms with van der Waals surface area (Å²) in [7, 11) is 0. The molecule has 8 nitrogen and oxygen atoms in total. The Bertz CT molecular complexity index is 796. The minimum absolute atomic E-state index is 0.0168. The molecule has 130 valence electrons. The molecule has 0 spiro atoms. The van der Waals surface area contributed by atoms with Crippen molar-refractivity contribution in [3.05, 3.63) is 58.1 Å². The van der Waals surface area contributed by atoms with Gasteiger partial charge >= 0.3 is 5.69 Å². The van der Waals surface area contributed by atoms with Crippen LogP contribution in [0.5, 0.6) is 11.5 Å². The zero-order valence-corrected chi connectivity index (χ0v) is 14.1. The number of nitrogens with one attached hydrogen (secondary N) is 2. The molecule has 0 aliphatic carbocycles. The number of rotatable bonds is 6. The van der Waals surface area contributed by atoms with E-state index in [2.05, 4.69) is 15.8 Å². The highest BCUT2D eigenvalue weighted by Gasteiger charge is 2.19. The van der Waals surface area contributed by atoms with Crippen molar-refractivity contribution in [2.75, 3.05) is 11.9 Å². The lowest BCUT2D eigenvalue weighted by molar-refractivity contribution is -0.386. The van der Waals surface area contributed by atoms with E-state index < -0.39 is 16.4 Å². The first-order chi connectivity index (χ1) is 12.0. The Morgan fingerprint density at radius 1 is 1.40 bits per heavy atom. The first-order valence-electron chi connectivity index (χ1n) is 7.30. The van der Waals surface area contributed by atoms with Gasteiger partial charge < -0.3 is 15.2 Å². The fourth-order valence-electron chi connectivity index (χ4n) is 1.94. The second kappa shape index (κ2) is 8.60. The summed E-state index contributed by atoms with van der Waals surface area (Å²) in [5.41, 5.74) is 3.33. The molecule has 0 saturated carbocycles. The van der Waals surface area contributed by atoms with E-state index in [1.165, 1.54) is 18.3 Å². The lowest BCUT2D eigenvalue weighted by Crippen LogP contribution is -2.23. The number of phenols is 1. The van der Waals surface area contributed by atoms with Crippen LogP contribution in [0.2, 0.25) is 0 Å². The average molecular weight is 360 g/mol. The average Bonchev–Trinajstić information content (AvgIpc) is 2.58. The maximum Gasteiger partial charge on any atom is 0.315 e. The van der Waals surface area contributed by atoms with Gasteiger partial charge in [-0.2, -0.15) is 5.10 Å². The number of benzene rings is 2. The SMILES string of the molecule is CCOc1cc(/C=N/NC(=S)Nc2ccccc2)cc([N+](=O)[O-])c1O. The molecule has 0 amide bonds. The van der Waals surface area contributed by atoms with Crippen molar-refractivity contribution in [2.24, 2.45) is 5.10 Å². The van der Waals surface area contributed by atoms with Gasteiger partial charge in [0.25, 0.3) is 0 Å². The fourth-order valence-corrected chi connectivity index (χ4v) is 2.11. The Morgan fingerprint density at radius 2 is 2.12 bits per heavy atom. The number of aromatic hydroxyl groups is 1. The highest BCUT2D eigenvalue weighted by Crippen LogP contribution is 2.36. The van der Waals surface area contributed by atoms with Gasteiger partial charge in [0.05, 0.1) is 17.7 Å². The standard InChI is InChI=1S/C16H16N4O4S/c1-2-24-14-9-11(8-13(15(14)21)20(22)23)10-17-19-16(25)18-12-6-4-3-5-7-12/h3-10,21H,2H2,1H3,(H2,18,19,25)/b17-10+. The zero-order valence-electron chi connectivity index (χ0n) is 13.3. The van der Waals surface area contributed by atoms with E-state index in [0.29, 0.717) is 5.56 Å². The van der Waals surface area contributed by atoms with Crippen LogP contribution in [0.3, 0.4) is 0 Å². The number of nitrogens with zero attached hydrogens (tertiary/aromatic N) is 2. The Kier molecular flexibility index (Phi) is 6.24. The molecule has 0 saturated heterocycles. The molecular weight excluding hydrogens is 344 g/mol. The zero-order chi connectivity index (χ0) is 18.2. The molecule has 0 unspecified atom stereocenters. The predicted molar refractivity (Wildman–Crippen MR) is 99.3 cm³/mol. The maximum absolute atomic E-state index is 11.0. The van der Waals surface area contributed by atoms with Crippen LogP contribution >= 0.6 is 12.2 Å². The number of hydrazone groups is 1. The minimum atomic E-state index is -0.690. The van der Waals surface area contributed by atoms with Crippen LogP contribution in [0.15, 0.2) is 47.6 Å². The minimum Gasteiger partial charge on any atom is -0.500 e. The summed E-state index contributed by atoms with van der Waals surface area (Å²) in [5.74, 6) is -0.499. The molecule has 0 aromatic heterocycles. The quantitative estimate of drug-likeness (QED) is 0.314. The van der Waals surface area contributed by atoms with E-state index in [-0.39, 0.29) is 17.5 Å².